The monoisotopic (exact) mass is 387 g/mol. The lowest BCUT2D eigenvalue weighted by Crippen LogP contribution is -2.45. The summed E-state index contributed by atoms with van der Waals surface area (Å²) >= 11 is 1.37. The molecular formula is C20H22FN3O2S. The predicted octanol–water partition coefficient (Wildman–Crippen LogP) is 3.33. The van der Waals surface area contributed by atoms with E-state index in [-0.39, 0.29) is 23.5 Å². The van der Waals surface area contributed by atoms with Crippen LogP contribution in [0.2, 0.25) is 0 Å². The fraction of sp³-hybridized carbons (Fsp3) is 0.450. The Morgan fingerprint density at radius 2 is 2.00 bits per heavy atom. The van der Waals surface area contributed by atoms with E-state index in [4.69, 9.17) is 0 Å². The Morgan fingerprint density at radius 1 is 1.22 bits per heavy atom. The fourth-order valence-corrected chi connectivity index (χ4v) is 4.15. The molecule has 1 aromatic carbocycles. The number of nitrogens with one attached hydrogen (secondary N) is 1. The third kappa shape index (κ3) is 4.35. The molecular weight excluding hydrogens is 365 g/mol. The van der Waals surface area contributed by atoms with E-state index < -0.39 is 0 Å². The Hall–Kier alpha value is -2.28. The Balaban J connectivity index is 1.39. The number of thiazole rings is 1. The smallest absolute Gasteiger partial charge is 0.273 e. The van der Waals surface area contributed by atoms with Crippen LogP contribution in [0.3, 0.4) is 0 Å². The standard InChI is InChI=1S/C20H22FN3O2S/c21-16-7-5-14(6-8-16)19-23-17(12-27-19)20(26)24-9-1-2-15(11-24)18(25)22-10-13-3-4-13/h5-8,12-13,15H,1-4,9-11H2,(H,22,25). The van der Waals surface area contributed by atoms with E-state index in [1.165, 1.54) is 36.3 Å². The van der Waals surface area contributed by atoms with E-state index in [2.05, 4.69) is 10.3 Å². The molecule has 2 heterocycles. The lowest BCUT2D eigenvalue weighted by atomic mass is 9.97. The number of benzene rings is 1. The molecule has 27 heavy (non-hydrogen) atoms. The van der Waals surface area contributed by atoms with Crippen molar-refractivity contribution in [2.75, 3.05) is 19.6 Å². The molecule has 1 atom stereocenters. The molecule has 142 valence electrons. The Morgan fingerprint density at radius 3 is 2.74 bits per heavy atom. The van der Waals surface area contributed by atoms with Gasteiger partial charge in [-0.3, -0.25) is 9.59 Å². The van der Waals surface area contributed by atoms with Crippen molar-refractivity contribution in [1.82, 2.24) is 15.2 Å². The van der Waals surface area contributed by atoms with Gasteiger partial charge in [-0.25, -0.2) is 9.37 Å². The average Bonchev–Trinajstić information content (AvgIpc) is 3.40. The van der Waals surface area contributed by atoms with Crippen LogP contribution in [-0.4, -0.2) is 41.3 Å². The number of rotatable bonds is 5. The van der Waals surface area contributed by atoms with E-state index in [0.29, 0.717) is 29.7 Å². The molecule has 1 aromatic heterocycles. The van der Waals surface area contributed by atoms with E-state index >= 15 is 0 Å². The molecule has 5 nitrogen and oxygen atoms in total. The maximum absolute atomic E-state index is 13.1. The van der Waals surface area contributed by atoms with Gasteiger partial charge in [-0.15, -0.1) is 11.3 Å². The summed E-state index contributed by atoms with van der Waals surface area (Å²) in [4.78, 5) is 31.3. The molecule has 1 N–H and O–H groups in total. The molecule has 1 saturated heterocycles. The van der Waals surface area contributed by atoms with Crippen molar-refractivity contribution in [3.63, 3.8) is 0 Å². The molecule has 2 aromatic rings. The number of halogens is 1. The molecule has 1 aliphatic heterocycles. The second kappa shape index (κ2) is 7.76. The zero-order valence-corrected chi connectivity index (χ0v) is 15.8. The summed E-state index contributed by atoms with van der Waals surface area (Å²) in [7, 11) is 0. The van der Waals surface area contributed by atoms with Gasteiger partial charge in [0, 0.05) is 30.6 Å². The maximum atomic E-state index is 13.1. The molecule has 0 spiro atoms. The van der Waals surface area contributed by atoms with Gasteiger partial charge in [0.15, 0.2) is 0 Å². The van der Waals surface area contributed by atoms with E-state index in [9.17, 15) is 14.0 Å². The summed E-state index contributed by atoms with van der Waals surface area (Å²) in [5.74, 6) is 0.127. The molecule has 1 saturated carbocycles. The first-order chi connectivity index (χ1) is 13.1. The molecule has 0 radical (unpaired) electrons. The van der Waals surface area contributed by atoms with Crippen molar-refractivity contribution in [2.45, 2.75) is 25.7 Å². The molecule has 2 fully saturated rings. The highest BCUT2D eigenvalue weighted by Gasteiger charge is 2.31. The number of aromatic nitrogens is 1. The SMILES string of the molecule is O=C(NCC1CC1)C1CCCN(C(=O)c2csc(-c3ccc(F)cc3)n2)C1. The van der Waals surface area contributed by atoms with Crippen molar-refractivity contribution in [1.29, 1.82) is 0 Å². The molecule has 2 aliphatic rings. The molecule has 0 bridgehead atoms. The number of hydrogen-bond donors (Lipinski definition) is 1. The van der Waals surface area contributed by atoms with Crippen molar-refractivity contribution in [3.8, 4) is 10.6 Å². The lowest BCUT2D eigenvalue weighted by Gasteiger charge is -2.31. The van der Waals surface area contributed by atoms with Crippen molar-refractivity contribution >= 4 is 23.2 Å². The number of hydrogen-bond acceptors (Lipinski definition) is 4. The number of carbonyl (C=O) groups excluding carboxylic acids is 2. The Labute approximate surface area is 161 Å². The van der Waals surface area contributed by atoms with Gasteiger partial charge in [-0.05, 0) is 55.9 Å². The summed E-state index contributed by atoms with van der Waals surface area (Å²) in [5, 5.41) is 5.45. The molecule has 2 amide bonds. The van der Waals surface area contributed by atoms with E-state index in [1.54, 1.807) is 22.4 Å². The number of amides is 2. The number of nitrogens with zero attached hydrogens (tertiary/aromatic N) is 2. The molecule has 4 rings (SSSR count). The molecule has 1 unspecified atom stereocenters. The lowest BCUT2D eigenvalue weighted by molar-refractivity contribution is -0.126. The van der Waals surface area contributed by atoms with Crippen LogP contribution in [-0.2, 0) is 4.79 Å². The van der Waals surface area contributed by atoms with Crippen LogP contribution in [0.25, 0.3) is 10.6 Å². The average molecular weight is 387 g/mol. The van der Waals surface area contributed by atoms with Gasteiger partial charge in [-0.1, -0.05) is 0 Å². The van der Waals surface area contributed by atoms with Crippen LogP contribution in [0.4, 0.5) is 4.39 Å². The number of likely N-dealkylation sites (tertiary alicyclic amines) is 1. The van der Waals surface area contributed by atoms with Gasteiger partial charge in [0.2, 0.25) is 5.91 Å². The first kappa shape index (κ1) is 18.1. The van der Waals surface area contributed by atoms with Gasteiger partial charge in [0.25, 0.3) is 5.91 Å². The highest BCUT2D eigenvalue weighted by atomic mass is 32.1. The second-order valence-electron chi connectivity index (χ2n) is 7.32. The van der Waals surface area contributed by atoms with Crippen LogP contribution >= 0.6 is 11.3 Å². The van der Waals surface area contributed by atoms with E-state index in [0.717, 1.165) is 24.9 Å². The number of piperidine rings is 1. The van der Waals surface area contributed by atoms with Gasteiger partial charge in [0.1, 0.15) is 16.5 Å². The first-order valence-electron chi connectivity index (χ1n) is 9.38. The topological polar surface area (TPSA) is 62.3 Å². The van der Waals surface area contributed by atoms with Gasteiger partial charge in [-0.2, -0.15) is 0 Å². The van der Waals surface area contributed by atoms with Gasteiger partial charge < -0.3 is 10.2 Å². The quantitative estimate of drug-likeness (QED) is 0.856. The second-order valence-corrected chi connectivity index (χ2v) is 8.18. The Bertz CT molecular complexity index is 832. The van der Waals surface area contributed by atoms with Gasteiger partial charge in [0.05, 0.1) is 5.92 Å². The van der Waals surface area contributed by atoms with Crippen LogP contribution in [0, 0.1) is 17.7 Å². The summed E-state index contributed by atoms with van der Waals surface area (Å²) in [6.07, 6.45) is 4.05. The van der Waals surface area contributed by atoms with Crippen LogP contribution in [0.5, 0.6) is 0 Å². The maximum Gasteiger partial charge on any atom is 0.273 e. The largest absolute Gasteiger partial charge is 0.356 e. The molecule has 1 aliphatic carbocycles. The Kier molecular flexibility index (Phi) is 5.20. The third-order valence-corrected chi connectivity index (χ3v) is 6.05. The minimum Gasteiger partial charge on any atom is -0.356 e. The van der Waals surface area contributed by atoms with Crippen LogP contribution in [0.1, 0.15) is 36.2 Å². The van der Waals surface area contributed by atoms with Crippen molar-refractivity contribution in [3.05, 3.63) is 41.2 Å². The normalized spacial score (nSPS) is 19.7. The summed E-state index contributed by atoms with van der Waals surface area (Å²) in [6, 6.07) is 6.08. The van der Waals surface area contributed by atoms with Crippen LogP contribution in [0.15, 0.2) is 29.6 Å². The zero-order chi connectivity index (χ0) is 18.8. The predicted molar refractivity (Wildman–Crippen MR) is 102 cm³/mol. The zero-order valence-electron chi connectivity index (χ0n) is 15.0. The van der Waals surface area contributed by atoms with Crippen molar-refractivity contribution < 1.29 is 14.0 Å². The minimum atomic E-state index is -0.300. The minimum absolute atomic E-state index is 0.0599. The van der Waals surface area contributed by atoms with Gasteiger partial charge >= 0.3 is 0 Å². The third-order valence-electron chi connectivity index (χ3n) is 5.16. The highest BCUT2D eigenvalue weighted by Crippen LogP contribution is 2.28. The summed E-state index contributed by atoms with van der Waals surface area (Å²) in [6.45, 7) is 1.85. The van der Waals surface area contributed by atoms with E-state index in [1.807, 2.05) is 0 Å². The first-order valence-corrected chi connectivity index (χ1v) is 10.3. The fourth-order valence-electron chi connectivity index (χ4n) is 3.35. The number of carbonyl (C=O) groups is 2. The summed E-state index contributed by atoms with van der Waals surface area (Å²) < 4.78 is 13.1. The van der Waals surface area contributed by atoms with Crippen LogP contribution < -0.4 is 5.32 Å². The summed E-state index contributed by atoms with van der Waals surface area (Å²) in [5.41, 5.74) is 1.18. The van der Waals surface area contributed by atoms with Crippen molar-refractivity contribution in [2.24, 2.45) is 11.8 Å². The molecule has 7 heteroatoms. The highest BCUT2D eigenvalue weighted by molar-refractivity contribution is 7.13.